The van der Waals surface area contributed by atoms with Crippen LogP contribution in [0.2, 0.25) is 0 Å². The lowest BCUT2D eigenvalue weighted by atomic mass is 10.1. The highest BCUT2D eigenvalue weighted by Gasteiger charge is 2.16. The minimum Gasteiger partial charge on any atom is -0.491 e. The summed E-state index contributed by atoms with van der Waals surface area (Å²) in [4.78, 5) is 0. The third kappa shape index (κ3) is 2.44. The predicted octanol–water partition coefficient (Wildman–Crippen LogP) is 1.56. The lowest BCUT2D eigenvalue weighted by Gasteiger charge is -2.12. The molecule has 1 aromatic rings. The minimum absolute atomic E-state index is 0.454. The van der Waals surface area contributed by atoms with Crippen molar-refractivity contribution < 1.29 is 9.47 Å². The number of benzene rings is 1. The summed E-state index contributed by atoms with van der Waals surface area (Å²) >= 11 is 0. The molecule has 0 amide bonds. The van der Waals surface area contributed by atoms with E-state index in [-0.39, 0.29) is 0 Å². The Kier molecular flexibility index (Phi) is 3.28. The van der Waals surface area contributed by atoms with E-state index < -0.39 is 0 Å². The molecule has 16 heavy (non-hydrogen) atoms. The minimum atomic E-state index is 0.454. The number of anilines is 1. The Morgan fingerprint density at radius 1 is 1.56 bits per heavy atom. The number of hydrogen-bond donors (Lipinski definition) is 1. The van der Waals surface area contributed by atoms with E-state index in [9.17, 15) is 0 Å². The van der Waals surface area contributed by atoms with E-state index >= 15 is 0 Å². The molecular weight excluding hydrogens is 204 g/mol. The van der Waals surface area contributed by atoms with Crippen molar-refractivity contribution in [2.45, 2.75) is 6.42 Å². The molecule has 84 valence electrons. The molecule has 0 bridgehead atoms. The predicted molar refractivity (Wildman–Crippen MR) is 60.0 cm³/mol. The molecule has 2 N–H and O–H groups in total. The zero-order chi connectivity index (χ0) is 11.4. The standard InChI is InChI=1S/C12H14N2O2/c13-6-9-1-2-12(11(14)5-9)16-8-10-3-4-15-7-10/h1-2,5,10H,3-4,7-8,14H2. The van der Waals surface area contributed by atoms with Crippen molar-refractivity contribution in [1.29, 1.82) is 5.26 Å². The first-order chi connectivity index (χ1) is 7.79. The smallest absolute Gasteiger partial charge is 0.142 e. The molecule has 0 radical (unpaired) electrons. The molecule has 0 spiro atoms. The highest BCUT2D eigenvalue weighted by molar-refractivity contribution is 5.56. The van der Waals surface area contributed by atoms with Gasteiger partial charge in [0.05, 0.1) is 30.5 Å². The quantitative estimate of drug-likeness (QED) is 0.781. The number of nitriles is 1. The topological polar surface area (TPSA) is 68.3 Å². The number of hydrogen-bond acceptors (Lipinski definition) is 4. The van der Waals surface area contributed by atoms with Gasteiger partial charge in [0.2, 0.25) is 0 Å². The van der Waals surface area contributed by atoms with Gasteiger partial charge in [0.25, 0.3) is 0 Å². The van der Waals surface area contributed by atoms with Crippen LogP contribution in [0.3, 0.4) is 0 Å². The SMILES string of the molecule is N#Cc1ccc(OCC2CCOC2)c(N)c1. The fourth-order valence-corrected chi connectivity index (χ4v) is 1.67. The summed E-state index contributed by atoms with van der Waals surface area (Å²) in [6, 6.07) is 7.11. The van der Waals surface area contributed by atoms with E-state index in [4.69, 9.17) is 20.5 Å². The maximum atomic E-state index is 8.69. The molecule has 0 aromatic heterocycles. The van der Waals surface area contributed by atoms with Crippen molar-refractivity contribution in [3.63, 3.8) is 0 Å². The van der Waals surface area contributed by atoms with Crippen molar-refractivity contribution in [3.05, 3.63) is 23.8 Å². The van der Waals surface area contributed by atoms with Crippen LogP contribution in [-0.2, 0) is 4.74 Å². The first-order valence-corrected chi connectivity index (χ1v) is 5.30. The average Bonchev–Trinajstić information content (AvgIpc) is 2.80. The molecule has 1 aromatic carbocycles. The van der Waals surface area contributed by atoms with Gasteiger partial charge in [-0.2, -0.15) is 5.26 Å². The first kappa shape index (κ1) is 10.8. The largest absolute Gasteiger partial charge is 0.491 e. The summed E-state index contributed by atoms with van der Waals surface area (Å²) in [5.74, 6) is 1.10. The number of rotatable bonds is 3. The van der Waals surface area contributed by atoms with Crippen LogP contribution in [0, 0.1) is 17.2 Å². The average molecular weight is 218 g/mol. The zero-order valence-corrected chi connectivity index (χ0v) is 8.98. The second-order valence-electron chi connectivity index (χ2n) is 3.91. The Labute approximate surface area is 94.6 Å². The molecule has 1 saturated heterocycles. The van der Waals surface area contributed by atoms with Crippen LogP contribution in [0.15, 0.2) is 18.2 Å². The zero-order valence-electron chi connectivity index (χ0n) is 8.98. The van der Waals surface area contributed by atoms with E-state index in [2.05, 4.69) is 0 Å². The van der Waals surface area contributed by atoms with Crippen molar-refractivity contribution in [2.24, 2.45) is 5.92 Å². The van der Waals surface area contributed by atoms with E-state index in [1.807, 2.05) is 6.07 Å². The summed E-state index contributed by atoms with van der Waals surface area (Å²) < 4.78 is 10.9. The lowest BCUT2D eigenvalue weighted by molar-refractivity contribution is 0.167. The second-order valence-corrected chi connectivity index (χ2v) is 3.91. The van der Waals surface area contributed by atoms with Gasteiger partial charge in [0.1, 0.15) is 5.75 Å². The lowest BCUT2D eigenvalue weighted by Crippen LogP contribution is -2.12. The fourth-order valence-electron chi connectivity index (χ4n) is 1.67. The number of ether oxygens (including phenoxy) is 2. The Balaban J connectivity index is 1.96. The van der Waals surface area contributed by atoms with Gasteiger partial charge in [0, 0.05) is 12.5 Å². The molecule has 1 fully saturated rings. The molecule has 0 aliphatic carbocycles. The van der Waals surface area contributed by atoms with E-state index in [0.29, 0.717) is 29.5 Å². The number of nitrogen functional groups attached to an aromatic ring is 1. The van der Waals surface area contributed by atoms with Crippen LogP contribution in [0.25, 0.3) is 0 Å². The van der Waals surface area contributed by atoms with Crippen LogP contribution < -0.4 is 10.5 Å². The van der Waals surface area contributed by atoms with Crippen molar-refractivity contribution in [1.82, 2.24) is 0 Å². The number of nitrogens with zero attached hydrogens (tertiary/aromatic N) is 1. The maximum absolute atomic E-state index is 8.69. The molecule has 0 saturated carbocycles. The van der Waals surface area contributed by atoms with Gasteiger partial charge in [-0.1, -0.05) is 0 Å². The number of nitrogens with two attached hydrogens (primary N) is 1. The third-order valence-corrected chi connectivity index (χ3v) is 2.64. The van der Waals surface area contributed by atoms with Gasteiger partial charge in [-0.3, -0.25) is 0 Å². The molecule has 4 nitrogen and oxygen atoms in total. The molecule has 1 unspecified atom stereocenters. The van der Waals surface area contributed by atoms with Crippen molar-refractivity contribution in [3.8, 4) is 11.8 Å². The summed E-state index contributed by atoms with van der Waals surface area (Å²) in [5, 5.41) is 8.69. The maximum Gasteiger partial charge on any atom is 0.142 e. The van der Waals surface area contributed by atoms with Gasteiger partial charge in [-0.05, 0) is 24.6 Å². The highest BCUT2D eigenvalue weighted by atomic mass is 16.5. The normalized spacial score (nSPS) is 19.3. The van der Waals surface area contributed by atoms with E-state index in [1.54, 1.807) is 18.2 Å². The molecule has 1 heterocycles. The van der Waals surface area contributed by atoms with E-state index in [1.165, 1.54) is 0 Å². The molecule has 1 aliphatic rings. The Bertz CT molecular complexity index is 406. The monoisotopic (exact) mass is 218 g/mol. The first-order valence-electron chi connectivity index (χ1n) is 5.30. The van der Waals surface area contributed by atoms with E-state index in [0.717, 1.165) is 19.6 Å². The Morgan fingerprint density at radius 3 is 3.06 bits per heavy atom. The summed E-state index contributed by atoms with van der Waals surface area (Å²) in [5.41, 5.74) is 6.84. The molecular formula is C12H14N2O2. The van der Waals surface area contributed by atoms with Crippen LogP contribution in [0.4, 0.5) is 5.69 Å². The van der Waals surface area contributed by atoms with Gasteiger partial charge in [-0.15, -0.1) is 0 Å². The van der Waals surface area contributed by atoms with Gasteiger partial charge < -0.3 is 15.2 Å². The summed E-state index contributed by atoms with van der Waals surface area (Å²) in [6.07, 6.45) is 1.04. The molecule has 2 rings (SSSR count). The van der Waals surface area contributed by atoms with Gasteiger partial charge in [-0.25, -0.2) is 0 Å². The van der Waals surface area contributed by atoms with Crippen LogP contribution in [0.1, 0.15) is 12.0 Å². The molecule has 1 atom stereocenters. The van der Waals surface area contributed by atoms with Crippen LogP contribution >= 0.6 is 0 Å². The van der Waals surface area contributed by atoms with Gasteiger partial charge >= 0.3 is 0 Å². The van der Waals surface area contributed by atoms with Crippen molar-refractivity contribution >= 4 is 5.69 Å². The molecule has 4 heteroatoms. The second kappa shape index (κ2) is 4.86. The Morgan fingerprint density at radius 2 is 2.44 bits per heavy atom. The van der Waals surface area contributed by atoms with Gasteiger partial charge in [0.15, 0.2) is 0 Å². The molecule has 1 aliphatic heterocycles. The van der Waals surface area contributed by atoms with Crippen LogP contribution in [-0.4, -0.2) is 19.8 Å². The summed E-state index contributed by atoms with van der Waals surface area (Å²) in [6.45, 7) is 2.20. The summed E-state index contributed by atoms with van der Waals surface area (Å²) in [7, 11) is 0. The fraction of sp³-hybridized carbons (Fsp3) is 0.417. The van der Waals surface area contributed by atoms with Crippen molar-refractivity contribution in [2.75, 3.05) is 25.6 Å². The Hall–Kier alpha value is -1.73. The van der Waals surface area contributed by atoms with Crippen LogP contribution in [0.5, 0.6) is 5.75 Å². The third-order valence-electron chi connectivity index (χ3n) is 2.64. The highest BCUT2D eigenvalue weighted by Crippen LogP contribution is 2.23.